The molecule has 3 rings (SSSR count). The number of aromatic nitrogens is 2. The highest BCUT2D eigenvalue weighted by Crippen LogP contribution is 2.36. The van der Waals surface area contributed by atoms with Gasteiger partial charge in [-0.1, -0.05) is 23.4 Å². The Morgan fingerprint density at radius 1 is 1.35 bits per heavy atom. The van der Waals surface area contributed by atoms with Crippen molar-refractivity contribution in [1.29, 1.82) is 0 Å². The van der Waals surface area contributed by atoms with E-state index in [9.17, 15) is 4.79 Å². The summed E-state index contributed by atoms with van der Waals surface area (Å²) in [7, 11) is 1.55. The molecule has 5 nitrogen and oxygen atoms in total. The second kappa shape index (κ2) is 7.82. The number of halogens is 1. The molecule has 136 valence electrons. The first-order valence-electron chi connectivity index (χ1n) is 7.92. The van der Waals surface area contributed by atoms with Crippen molar-refractivity contribution < 1.29 is 9.53 Å². The number of hydrogen-bond donors (Lipinski definition) is 1. The number of anilines is 1. The number of ether oxygens (including phenoxy) is 1. The Balaban J connectivity index is 1.77. The third kappa shape index (κ3) is 3.79. The highest BCUT2D eigenvalue weighted by atomic mass is 35.5. The predicted molar refractivity (Wildman–Crippen MR) is 109 cm³/mol. The number of fused-ring (bicyclic) bond motifs is 1. The number of amides is 1. The van der Waals surface area contributed by atoms with Crippen LogP contribution in [0.25, 0.3) is 10.2 Å². The number of aryl methyl sites for hydroxylation is 2. The van der Waals surface area contributed by atoms with Gasteiger partial charge in [-0.05, 0) is 44.5 Å². The quantitative estimate of drug-likeness (QED) is 0.471. The number of carbonyl (C=O) groups is 1. The number of benzene rings is 1. The Labute approximate surface area is 165 Å². The van der Waals surface area contributed by atoms with E-state index in [0.717, 1.165) is 15.2 Å². The lowest BCUT2D eigenvalue weighted by atomic mass is 10.2. The van der Waals surface area contributed by atoms with Crippen LogP contribution >= 0.6 is 34.7 Å². The second-order valence-corrected chi connectivity index (χ2v) is 8.68. The van der Waals surface area contributed by atoms with E-state index in [2.05, 4.69) is 29.1 Å². The van der Waals surface area contributed by atoms with Gasteiger partial charge in [0.15, 0.2) is 0 Å². The summed E-state index contributed by atoms with van der Waals surface area (Å²) in [6.07, 6.45) is 1.55. The molecule has 0 saturated heterocycles. The molecule has 0 aliphatic heterocycles. The Kier molecular flexibility index (Phi) is 5.70. The fourth-order valence-corrected chi connectivity index (χ4v) is 4.74. The number of methoxy groups -OCH3 is 1. The summed E-state index contributed by atoms with van der Waals surface area (Å²) >= 11 is 9.18. The first-order chi connectivity index (χ1) is 12.4. The molecule has 1 atom stereocenters. The van der Waals surface area contributed by atoms with Gasteiger partial charge in [-0.2, -0.15) is 0 Å². The van der Waals surface area contributed by atoms with Gasteiger partial charge in [0.25, 0.3) is 0 Å². The van der Waals surface area contributed by atoms with E-state index in [-0.39, 0.29) is 11.2 Å². The van der Waals surface area contributed by atoms with Crippen LogP contribution in [0.1, 0.15) is 17.4 Å². The molecule has 0 aliphatic carbocycles. The van der Waals surface area contributed by atoms with E-state index in [1.54, 1.807) is 43.0 Å². The van der Waals surface area contributed by atoms with Gasteiger partial charge in [0, 0.05) is 16.0 Å². The first-order valence-corrected chi connectivity index (χ1v) is 10.00. The summed E-state index contributed by atoms with van der Waals surface area (Å²) in [4.78, 5) is 23.5. The molecule has 0 saturated carbocycles. The molecule has 0 unspecified atom stereocenters. The highest BCUT2D eigenvalue weighted by Gasteiger charge is 2.19. The third-order valence-corrected chi connectivity index (χ3v) is 6.52. The van der Waals surface area contributed by atoms with Crippen LogP contribution < -0.4 is 10.1 Å². The van der Waals surface area contributed by atoms with Crippen LogP contribution in [0.3, 0.4) is 0 Å². The zero-order valence-electron chi connectivity index (χ0n) is 14.8. The molecule has 0 aliphatic rings. The number of thioether (sulfide) groups is 1. The van der Waals surface area contributed by atoms with E-state index in [0.29, 0.717) is 16.5 Å². The summed E-state index contributed by atoms with van der Waals surface area (Å²) in [6.45, 7) is 5.99. The van der Waals surface area contributed by atoms with Gasteiger partial charge >= 0.3 is 0 Å². The Morgan fingerprint density at radius 3 is 2.81 bits per heavy atom. The van der Waals surface area contributed by atoms with Gasteiger partial charge in [0.1, 0.15) is 21.9 Å². The smallest absolute Gasteiger partial charge is 0.237 e. The minimum atomic E-state index is -0.325. The molecule has 0 radical (unpaired) electrons. The third-order valence-electron chi connectivity index (χ3n) is 4.01. The predicted octanol–water partition coefficient (Wildman–Crippen LogP) is 5.09. The van der Waals surface area contributed by atoms with E-state index >= 15 is 0 Å². The minimum Gasteiger partial charge on any atom is -0.495 e. The number of hydrogen-bond acceptors (Lipinski definition) is 6. The first kappa shape index (κ1) is 18.9. The van der Waals surface area contributed by atoms with Gasteiger partial charge in [0.05, 0.1) is 17.4 Å². The molecule has 2 heterocycles. The van der Waals surface area contributed by atoms with Gasteiger partial charge in [-0.25, -0.2) is 9.97 Å². The number of carbonyl (C=O) groups excluding carboxylic acids is 1. The molecule has 1 aromatic carbocycles. The maximum absolute atomic E-state index is 12.6. The van der Waals surface area contributed by atoms with Gasteiger partial charge < -0.3 is 10.1 Å². The second-order valence-electron chi connectivity index (χ2n) is 5.74. The Bertz CT molecular complexity index is 974. The van der Waals surface area contributed by atoms with Crippen LogP contribution in [-0.2, 0) is 4.79 Å². The summed E-state index contributed by atoms with van der Waals surface area (Å²) in [5, 5.41) is 4.87. The van der Waals surface area contributed by atoms with Crippen molar-refractivity contribution in [2.75, 3.05) is 12.4 Å². The van der Waals surface area contributed by atoms with E-state index < -0.39 is 0 Å². The van der Waals surface area contributed by atoms with Gasteiger partial charge in [-0.3, -0.25) is 4.79 Å². The molecule has 2 aromatic heterocycles. The average Bonchev–Trinajstić information content (AvgIpc) is 2.90. The molecule has 1 amide bonds. The lowest BCUT2D eigenvalue weighted by Gasteiger charge is -2.13. The zero-order valence-corrected chi connectivity index (χ0v) is 17.2. The average molecular weight is 408 g/mol. The molecule has 0 bridgehead atoms. The molecule has 26 heavy (non-hydrogen) atoms. The van der Waals surface area contributed by atoms with Crippen LogP contribution in [0.4, 0.5) is 5.69 Å². The van der Waals surface area contributed by atoms with Crippen molar-refractivity contribution in [1.82, 2.24) is 9.97 Å². The molecule has 8 heteroatoms. The van der Waals surface area contributed by atoms with Crippen LogP contribution in [0.2, 0.25) is 5.02 Å². The van der Waals surface area contributed by atoms with Crippen molar-refractivity contribution in [3.8, 4) is 5.75 Å². The van der Waals surface area contributed by atoms with E-state index in [1.807, 2.05) is 6.92 Å². The zero-order chi connectivity index (χ0) is 18.8. The number of nitrogens with one attached hydrogen (secondary N) is 1. The fourth-order valence-electron chi connectivity index (χ4n) is 2.45. The summed E-state index contributed by atoms with van der Waals surface area (Å²) in [5.41, 5.74) is 1.80. The number of thiophene rings is 1. The number of rotatable bonds is 5. The van der Waals surface area contributed by atoms with Gasteiger partial charge in [-0.15, -0.1) is 11.3 Å². The largest absolute Gasteiger partial charge is 0.495 e. The van der Waals surface area contributed by atoms with Crippen molar-refractivity contribution in [3.63, 3.8) is 0 Å². The van der Waals surface area contributed by atoms with Crippen LogP contribution in [-0.4, -0.2) is 28.2 Å². The molecule has 1 N–H and O–H groups in total. The monoisotopic (exact) mass is 407 g/mol. The molecule has 0 spiro atoms. The Hall–Kier alpha value is -1.83. The highest BCUT2D eigenvalue weighted by molar-refractivity contribution is 8.00. The normalized spacial score (nSPS) is 12.2. The van der Waals surface area contributed by atoms with Crippen molar-refractivity contribution in [2.24, 2.45) is 0 Å². The summed E-state index contributed by atoms with van der Waals surface area (Å²) < 4.78 is 5.12. The van der Waals surface area contributed by atoms with E-state index in [1.165, 1.54) is 22.2 Å². The van der Waals surface area contributed by atoms with E-state index in [4.69, 9.17) is 16.3 Å². The lowest BCUT2D eigenvalue weighted by Crippen LogP contribution is -2.22. The van der Waals surface area contributed by atoms with Crippen molar-refractivity contribution >= 4 is 56.5 Å². The molecule has 0 fully saturated rings. The van der Waals surface area contributed by atoms with Crippen LogP contribution in [0, 0.1) is 13.8 Å². The summed E-state index contributed by atoms with van der Waals surface area (Å²) in [5.74, 6) is 0.450. The minimum absolute atomic E-state index is 0.118. The van der Waals surface area contributed by atoms with Crippen LogP contribution in [0.5, 0.6) is 5.75 Å². The number of nitrogens with zero attached hydrogens (tertiary/aromatic N) is 2. The summed E-state index contributed by atoms with van der Waals surface area (Å²) in [6, 6.07) is 5.15. The van der Waals surface area contributed by atoms with Crippen molar-refractivity contribution in [2.45, 2.75) is 31.0 Å². The van der Waals surface area contributed by atoms with Gasteiger partial charge in [0.2, 0.25) is 5.91 Å². The molecule has 3 aromatic rings. The topological polar surface area (TPSA) is 64.1 Å². The maximum Gasteiger partial charge on any atom is 0.237 e. The standard InChI is InChI=1S/C18H18ClN3O2S2/c1-9-10(2)25-17-15(9)18(21-8-20-17)26-11(3)16(23)22-12-5-6-14(24-4)13(19)7-12/h5-8,11H,1-4H3,(H,22,23)/t11-/m0/s1. The molecular formula is C18H18ClN3O2S2. The van der Waals surface area contributed by atoms with Crippen molar-refractivity contribution in [3.05, 3.63) is 40.0 Å². The molecular weight excluding hydrogens is 390 g/mol. The lowest BCUT2D eigenvalue weighted by molar-refractivity contribution is -0.115. The van der Waals surface area contributed by atoms with Crippen LogP contribution in [0.15, 0.2) is 29.6 Å². The fraction of sp³-hybridized carbons (Fsp3) is 0.278. The SMILES string of the molecule is COc1ccc(NC(=O)[C@H](C)Sc2ncnc3sc(C)c(C)c23)cc1Cl. The Morgan fingerprint density at radius 2 is 2.12 bits per heavy atom. The maximum atomic E-state index is 12.6.